The van der Waals surface area contributed by atoms with Gasteiger partial charge in [0.2, 0.25) is 0 Å². The van der Waals surface area contributed by atoms with Gasteiger partial charge < -0.3 is 4.90 Å². The van der Waals surface area contributed by atoms with Gasteiger partial charge in [-0.05, 0) is 30.4 Å². The maximum absolute atomic E-state index is 12.7. The van der Waals surface area contributed by atoms with Crippen molar-refractivity contribution in [3.63, 3.8) is 0 Å². The topological polar surface area (TPSA) is 3.24 Å². The average Bonchev–Trinajstić information content (AvgIpc) is 2.03. The second kappa shape index (κ2) is 3.83. The minimum absolute atomic E-state index is 0.195. The lowest BCUT2D eigenvalue weighted by Gasteiger charge is -2.15. The summed E-state index contributed by atoms with van der Waals surface area (Å²) in [5, 5.41) is 0. The van der Waals surface area contributed by atoms with Crippen LogP contribution < -0.4 is 4.90 Å². The Hall–Kier alpha value is -0.670. The number of hydrogen-bond donors (Lipinski definition) is 0. The molecule has 1 aromatic rings. The van der Waals surface area contributed by atoms with Gasteiger partial charge in [-0.2, -0.15) is 0 Å². The number of nitrogens with zero attached hydrogens (tertiary/aromatic N) is 1. The van der Waals surface area contributed by atoms with Crippen molar-refractivity contribution in [2.45, 2.75) is 0 Å². The van der Waals surface area contributed by atoms with Gasteiger partial charge in [-0.3, -0.25) is 0 Å². The summed E-state index contributed by atoms with van der Waals surface area (Å²) in [6.45, 7) is 0. The quantitative estimate of drug-likeness (QED) is 0.392. The zero-order valence-corrected chi connectivity index (χ0v) is 7.99. The van der Waals surface area contributed by atoms with Crippen LogP contribution in [0.3, 0.4) is 0 Å². The van der Waals surface area contributed by atoms with Crippen molar-refractivity contribution in [1.82, 2.24) is 0 Å². The van der Waals surface area contributed by atoms with Gasteiger partial charge >= 0.3 is 0 Å². The molecule has 0 unspecified atom stereocenters. The summed E-state index contributed by atoms with van der Waals surface area (Å²) in [6, 6.07) is 6.08. The minimum atomic E-state index is -0.299. The van der Waals surface area contributed by atoms with Crippen LogP contribution in [0.15, 0.2) is 24.3 Å². The second-order valence-corrected chi connectivity index (χ2v) is 3.26. The predicted octanol–water partition coefficient (Wildman–Crippen LogP) is 2.79. The van der Waals surface area contributed by atoms with Gasteiger partial charge in [0, 0.05) is 12.7 Å². The van der Waals surface area contributed by atoms with Crippen molar-refractivity contribution >= 4 is 34.0 Å². The number of rotatable bonds is 1. The Morgan fingerprint density at radius 2 is 2.25 bits per heavy atom. The molecule has 0 aliphatic carbocycles. The molecule has 12 heavy (non-hydrogen) atoms. The Morgan fingerprint density at radius 1 is 1.58 bits per heavy atom. The van der Waals surface area contributed by atoms with Crippen molar-refractivity contribution in [3.05, 3.63) is 30.1 Å². The highest BCUT2D eigenvalue weighted by Gasteiger charge is 2.03. The molecule has 0 aliphatic heterocycles. The number of anilines is 1. The zero-order chi connectivity index (χ0) is 9.14. The average molecular weight is 204 g/mol. The molecular weight excluding hydrogens is 197 g/mol. The summed E-state index contributed by atoms with van der Waals surface area (Å²) in [6.07, 6.45) is 0. The summed E-state index contributed by atoms with van der Waals surface area (Å²) in [5.41, 5.74) is 0.648. The van der Waals surface area contributed by atoms with Crippen molar-refractivity contribution in [2.24, 2.45) is 0 Å². The third-order valence-electron chi connectivity index (χ3n) is 1.46. The molecule has 0 aromatic heterocycles. The molecule has 0 spiro atoms. The van der Waals surface area contributed by atoms with Crippen molar-refractivity contribution < 1.29 is 4.39 Å². The van der Waals surface area contributed by atoms with Gasteiger partial charge in [0.25, 0.3) is 0 Å². The fourth-order valence-electron chi connectivity index (χ4n) is 0.786. The van der Waals surface area contributed by atoms with E-state index in [9.17, 15) is 4.39 Å². The Bertz CT molecular complexity index is 303. The number of benzene rings is 1. The second-order valence-electron chi connectivity index (χ2n) is 2.29. The third-order valence-corrected chi connectivity index (χ3v) is 1.99. The van der Waals surface area contributed by atoms with Crippen molar-refractivity contribution in [2.75, 3.05) is 11.9 Å². The van der Waals surface area contributed by atoms with E-state index in [2.05, 4.69) is 0 Å². The smallest absolute Gasteiger partial charge is 0.174 e. The first kappa shape index (κ1) is 9.42. The van der Waals surface area contributed by atoms with Crippen LogP contribution in [-0.2, 0) is 0 Å². The number of halogens is 2. The lowest BCUT2D eigenvalue weighted by Crippen LogP contribution is -2.19. The predicted molar refractivity (Wildman–Crippen MR) is 53.3 cm³/mol. The van der Waals surface area contributed by atoms with E-state index in [0.29, 0.717) is 5.69 Å². The van der Waals surface area contributed by atoms with E-state index in [0.717, 1.165) is 0 Å². The molecule has 0 fully saturated rings. The van der Waals surface area contributed by atoms with Crippen LogP contribution in [0.1, 0.15) is 0 Å². The summed E-state index contributed by atoms with van der Waals surface area (Å²) in [5.74, 6) is -0.299. The highest BCUT2D eigenvalue weighted by atomic mass is 35.5. The van der Waals surface area contributed by atoms with E-state index < -0.39 is 0 Å². The van der Waals surface area contributed by atoms with E-state index in [-0.39, 0.29) is 10.3 Å². The van der Waals surface area contributed by atoms with E-state index in [1.54, 1.807) is 19.2 Å². The van der Waals surface area contributed by atoms with Gasteiger partial charge in [0.1, 0.15) is 5.82 Å². The third kappa shape index (κ3) is 2.16. The monoisotopic (exact) mass is 203 g/mol. The van der Waals surface area contributed by atoms with Crippen LogP contribution in [-0.4, -0.2) is 11.5 Å². The molecule has 4 heteroatoms. The van der Waals surface area contributed by atoms with E-state index in [1.807, 2.05) is 0 Å². The Labute approximate surface area is 80.7 Å². The lowest BCUT2D eigenvalue weighted by molar-refractivity contribution is 0.628. The van der Waals surface area contributed by atoms with Gasteiger partial charge in [0.05, 0.1) is 0 Å². The molecule has 0 heterocycles. The molecule has 0 saturated carbocycles. The molecule has 0 saturated heterocycles. The lowest BCUT2D eigenvalue weighted by atomic mass is 10.3. The van der Waals surface area contributed by atoms with Crippen LogP contribution >= 0.6 is 23.8 Å². The first-order valence-corrected chi connectivity index (χ1v) is 4.08. The Balaban J connectivity index is 2.95. The van der Waals surface area contributed by atoms with Crippen LogP contribution in [0.4, 0.5) is 10.1 Å². The summed E-state index contributed by atoms with van der Waals surface area (Å²) in [7, 11) is 1.68. The molecule has 1 nitrogen and oxygen atoms in total. The Morgan fingerprint density at radius 3 is 2.75 bits per heavy atom. The van der Waals surface area contributed by atoms with Crippen LogP contribution in [0.5, 0.6) is 0 Å². The SMILES string of the molecule is CN(C(=S)Cl)c1cccc(F)c1. The van der Waals surface area contributed by atoms with Crippen molar-refractivity contribution in [3.8, 4) is 0 Å². The summed E-state index contributed by atoms with van der Waals surface area (Å²) >= 11 is 10.3. The van der Waals surface area contributed by atoms with E-state index in [1.165, 1.54) is 17.0 Å². The fraction of sp³-hybridized carbons (Fsp3) is 0.125. The Kier molecular flexibility index (Phi) is 3.00. The normalized spacial score (nSPS) is 9.58. The van der Waals surface area contributed by atoms with Gasteiger partial charge in [-0.25, -0.2) is 4.39 Å². The maximum atomic E-state index is 12.7. The summed E-state index contributed by atoms with van der Waals surface area (Å²) in [4.78, 5) is 1.53. The van der Waals surface area contributed by atoms with Crippen LogP contribution in [0.25, 0.3) is 0 Å². The molecule has 1 aromatic carbocycles. The minimum Gasteiger partial charge on any atom is -0.326 e. The number of thiocarbonyl (C=S) groups is 1. The molecule has 0 bridgehead atoms. The van der Waals surface area contributed by atoms with Gasteiger partial charge in [0.15, 0.2) is 4.45 Å². The van der Waals surface area contributed by atoms with Gasteiger partial charge in [-0.1, -0.05) is 17.7 Å². The first-order valence-electron chi connectivity index (χ1n) is 3.30. The molecule has 64 valence electrons. The zero-order valence-electron chi connectivity index (χ0n) is 6.42. The molecule has 0 amide bonds. The van der Waals surface area contributed by atoms with Crippen molar-refractivity contribution in [1.29, 1.82) is 0 Å². The van der Waals surface area contributed by atoms with E-state index >= 15 is 0 Å². The van der Waals surface area contributed by atoms with Crippen LogP contribution in [0, 0.1) is 5.82 Å². The standard InChI is InChI=1S/C8H7ClFNS/c1-11(8(9)12)7-4-2-3-6(10)5-7/h2-5H,1H3. The molecule has 0 N–H and O–H groups in total. The fourth-order valence-corrected chi connectivity index (χ4v) is 0.989. The molecule has 0 atom stereocenters. The largest absolute Gasteiger partial charge is 0.326 e. The molecule has 0 radical (unpaired) electrons. The molecule has 1 rings (SSSR count). The maximum Gasteiger partial charge on any atom is 0.174 e. The van der Waals surface area contributed by atoms with Gasteiger partial charge in [-0.15, -0.1) is 0 Å². The number of hydrogen-bond acceptors (Lipinski definition) is 1. The summed E-state index contributed by atoms with van der Waals surface area (Å²) < 4.78 is 12.9. The molecule has 0 aliphatic rings. The molecular formula is C8H7ClFNS. The van der Waals surface area contributed by atoms with E-state index in [4.69, 9.17) is 23.8 Å². The van der Waals surface area contributed by atoms with Crippen LogP contribution in [0.2, 0.25) is 0 Å². The highest BCUT2D eigenvalue weighted by Crippen LogP contribution is 2.15. The first-order chi connectivity index (χ1) is 5.61. The highest BCUT2D eigenvalue weighted by molar-refractivity contribution is 7.83.